The van der Waals surface area contributed by atoms with Crippen LogP contribution in [0.2, 0.25) is 0 Å². The Morgan fingerprint density at radius 2 is 1.97 bits per heavy atom. The number of carbonyl (C=O) groups excluding carboxylic acids is 2. The summed E-state index contributed by atoms with van der Waals surface area (Å²) >= 11 is 0. The van der Waals surface area contributed by atoms with Crippen molar-refractivity contribution in [2.24, 2.45) is 0 Å². The van der Waals surface area contributed by atoms with Gasteiger partial charge >= 0.3 is 5.97 Å². The van der Waals surface area contributed by atoms with Gasteiger partial charge in [0.25, 0.3) is 11.6 Å². The first-order valence-corrected chi connectivity index (χ1v) is 9.57. The van der Waals surface area contributed by atoms with Gasteiger partial charge in [0, 0.05) is 30.4 Å². The summed E-state index contributed by atoms with van der Waals surface area (Å²) in [6.07, 6.45) is 4.25. The maximum atomic E-state index is 12.8. The second-order valence-electron chi connectivity index (χ2n) is 6.77. The molecule has 0 radical (unpaired) electrons. The Kier molecular flexibility index (Phi) is 6.86. The van der Waals surface area contributed by atoms with Crippen LogP contribution in [0, 0.1) is 10.1 Å². The molecular weight excluding hydrogens is 404 g/mol. The highest BCUT2D eigenvalue weighted by Crippen LogP contribution is 2.32. The van der Waals surface area contributed by atoms with Crippen LogP contribution in [0.4, 0.5) is 11.4 Å². The number of hydrogen-bond acceptors (Lipinski definition) is 7. The summed E-state index contributed by atoms with van der Waals surface area (Å²) in [6.45, 7) is 0.297. The van der Waals surface area contributed by atoms with Crippen molar-refractivity contribution in [3.8, 4) is 11.5 Å². The van der Waals surface area contributed by atoms with E-state index in [1.165, 1.54) is 32.4 Å². The molecule has 0 saturated carbocycles. The van der Waals surface area contributed by atoms with Gasteiger partial charge in [0.15, 0.2) is 18.1 Å². The molecule has 0 aromatic heterocycles. The number of nitro groups is 1. The molecule has 9 heteroatoms. The molecule has 2 aromatic carbocycles. The van der Waals surface area contributed by atoms with Crippen LogP contribution in [0.25, 0.3) is 6.08 Å². The number of fused-ring (bicyclic) bond motifs is 1. The number of hydrogen-bond donors (Lipinski definition) is 0. The van der Waals surface area contributed by atoms with E-state index in [1.54, 1.807) is 35.2 Å². The van der Waals surface area contributed by atoms with Gasteiger partial charge in [-0.3, -0.25) is 14.9 Å². The first-order chi connectivity index (χ1) is 14.9. The number of anilines is 1. The lowest BCUT2D eigenvalue weighted by atomic mass is 10.0. The molecule has 1 heterocycles. The summed E-state index contributed by atoms with van der Waals surface area (Å²) in [5.74, 6) is 0.0602. The molecule has 0 unspecified atom stereocenters. The summed E-state index contributed by atoms with van der Waals surface area (Å²) in [5, 5.41) is 11.0. The normalized spacial score (nSPS) is 12.9. The molecule has 162 valence electrons. The highest BCUT2D eigenvalue weighted by atomic mass is 16.6. The lowest BCUT2D eigenvalue weighted by Crippen LogP contribution is -2.38. The third-order valence-electron chi connectivity index (χ3n) is 4.85. The van der Waals surface area contributed by atoms with Crippen molar-refractivity contribution in [3.63, 3.8) is 0 Å². The summed E-state index contributed by atoms with van der Waals surface area (Å²) in [7, 11) is 2.77. The highest BCUT2D eigenvalue weighted by Gasteiger charge is 2.25. The van der Waals surface area contributed by atoms with Gasteiger partial charge in [0.2, 0.25) is 0 Å². The highest BCUT2D eigenvalue weighted by molar-refractivity contribution is 5.95. The van der Waals surface area contributed by atoms with Gasteiger partial charge in [-0.15, -0.1) is 0 Å². The summed E-state index contributed by atoms with van der Waals surface area (Å²) in [6, 6.07) is 9.56. The average molecular weight is 426 g/mol. The van der Waals surface area contributed by atoms with Crippen LogP contribution in [0.1, 0.15) is 17.5 Å². The van der Waals surface area contributed by atoms with Crippen LogP contribution in [0.3, 0.4) is 0 Å². The fourth-order valence-electron chi connectivity index (χ4n) is 3.31. The zero-order valence-corrected chi connectivity index (χ0v) is 17.2. The Hall–Kier alpha value is -3.88. The third kappa shape index (κ3) is 5.19. The maximum Gasteiger partial charge on any atom is 0.330 e. The van der Waals surface area contributed by atoms with Crippen molar-refractivity contribution in [3.05, 3.63) is 63.7 Å². The zero-order valence-electron chi connectivity index (χ0n) is 17.2. The first kappa shape index (κ1) is 21.8. The zero-order chi connectivity index (χ0) is 22.4. The van der Waals surface area contributed by atoms with Crippen LogP contribution in [-0.4, -0.2) is 44.2 Å². The maximum absolute atomic E-state index is 12.8. The van der Waals surface area contributed by atoms with E-state index < -0.39 is 10.9 Å². The molecule has 3 rings (SSSR count). The van der Waals surface area contributed by atoms with Crippen molar-refractivity contribution < 1.29 is 28.7 Å². The molecular formula is C22H22N2O7. The quantitative estimate of drug-likeness (QED) is 0.290. The monoisotopic (exact) mass is 426 g/mol. The van der Waals surface area contributed by atoms with Crippen molar-refractivity contribution in [2.45, 2.75) is 12.8 Å². The van der Waals surface area contributed by atoms with E-state index in [2.05, 4.69) is 4.74 Å². The first-order valence-electron chi connectivity index (χ1n) is 9.57. The largest absolute Gasteiger partial charge is 0.493 e. The topological polar surface area (TPSA) is 108 Å². The van der Waals surface area contributed by atoms with Gasteiger partial charge in [-0.1, -0.05) is 6.07 Å². The molecule has 1 amide bonds. The van der Waals surface area contributed by atoms with Crippen molar-refractivity contribution in [2.75, 3.05) is 32.3 Å². The fourth-order valence-corrected chi connectivity index (χ4v) is 3.31. The molecule has 1 aliphatic rings. The van der Waals surface area contributed by atoms with E-state index in [-0.39, 0.29) is 18.2 Å². The lowest BCUT2D eigenvalue weighted by molar-refractivity contribution is -0.384. The number of nitro benzene ring substituents is 1. The van der Waals surface area contributed by atoms with E-state index >= 15 is 0 Å². The summed E-state index contributed by atoms with van der Waals surface area (Å²) in [5.41, 5.74) is 2.15. The van der Waals surface area contributed by atoms with E-state index in [9.17, 15) is 19.7 Å². The van der Waals surface area contributed by atoms with Crippen LogP contribution >= 0.6 is 0 Å². The van der Waals surface area contributed by atoms with E-state index in [0.29, 0.717) is 42.1 Å². The van der Waals surface area contributed by atoms with Gasteiger partial charge < -0.3 is 19.1 Å². The number of carbonyl (C=O) groups is 2. The van der Waals surface area contributed by atoms with Crippen molar-refractivity contribution >= 4 is 29.3 Å². The smallest absolute Gasteiger partial charge is 0.330 e. The Morgan fingerprint density at radius 1 is 1.16 bits per heavy atom. The van der Waals surface area contributed by atoms with Gasteiger partial charge in [-0.25, -0.2) is 4.79 Å². The molecule has 0 aliphatic carbocycles. The van der Waals surface area contributed by atoms with Crippen LogP contribution < -0.4 is 14.4 Å². The van der Waals surface area contributed by atoms with Crippen LogP contribution in [0.15, 0.2) is 42.5 Å². The van der Waals surface area contributed by atoms with E-state index in [1.807, 2.05) is 0 Å². The number of esters is 1. The van der Waals surface area contributed by atoms with Crippen molar-refractivity contribution in [1.29, 1.82) is 0 Å². The van der Waals surface area contributed by atoms with Crippen LogP contribution in [0.5, 0.6) is 11.5 Å². The van der Waals surface area contributed by atoms with E-state index in [4.69, 9.17) is 9.47 Å². The van der Waals surface area contributed by atoms with Gasteiger partial charge in [-0.2, -0.15) is 0 Å². The number of benzene rings is 2. The molecule has 9 nitrogen and oxygen atoms in total. The average Bonchev–Trinajstić information content (AvgIpc) is 2.80. The minimum Gasteiger partial charge on any atom is -0.493 e. The second-order valence-corrected chi connectivity index (χ2v) is 6.77. The Morgan fingerprint density at radius 3 is 2.68 bits per heavy atom. The SMILES string of the molecule is COC(=O)/C=C/c1ccc(OCC(=O)N2CCCc3cc([N+](=O)[O-])ccc32)c(OC)c1. The number of non-ortho nitro benzene ring substituents is 1. The lowest BCUT2D eigenvalue weighted by Gasteiger charge is -2.29. The number of aryl methyl sites for hydroxylation is 1. The second kappa shape index (κ2) is 9.75. The minimum absolute atomic E-state index is 0.00961. The predicted molar refractivity (Wildman–Crippen MR) is 113 cm³/mol. The van der Waals surface area contributed by atoms with Gasteiger partial charge in [0.1, 0.15) is 0 Å². The number of nitrogens with zero attached hydrogens (tertiary/aromatic N) is 2. The number of amides is 1. The molecule has 1 aliphatic heterocycles. The molecule has 0 fully saturated rings. The third-order valence-corrected chi connectivity index (χ3v) is 4.85. The molecule has 0 atom stereocenters. The standard InChI is InChI=1S/C22H22N2O7/c1-29-20-12-15(6-10-22(26)30-2)5-9-19(20)31-14-21(25)23-11-3-4-16-13-17(24(27)28)7-8-18(16)23/h5-10,12-13H,3-4,11,14H2,1-2H3/b10-6+. The molecule has 0 saturated heterocycles. The number of ether oxygens (including phenoxy) is 3. The Bertz CT molecular complexity index is 1030. The van der Waals surface area contributed by atoms with Crippen LogP contribution in [-0.2, 0) is 20.7 Å². The fraction of sp³-hybridized carbons (Fsp3) is 0.273. The molecule has 0 N–H and O–H groups in total. The number of rotatable bonds is 7. The summed E-state index contributed by atoms with van der Waals surface area (Å²) in [4.78, 5) is 36.2. The van der Waals surface area contributed by atoms with Crippen molar-refractivity contribution in [1.82, 2.24) is 0 Å². The predicted octanol–water partition coefficient (Wildman–Crippen LogP) is 3.15. The minimum atomic E-state index is -0.475. The van der Waals surface area contributed by atoms with Gasteiger partial charge in [-0.05, 0) is 48.2 Å². The molecule has 2 aromatic rings. The van der Waals surface area contributed by atoms with Gasteiger partial charge in [0.05, 0.1) is 19.1 Å². The molecule has 0 spiro atoms. The number of methoxy groups -OCH3 is 2. The van der Waals surface area contributed by atoms with E-state index in [0.717, 1.165) is 5.56 Å². The molecule has 0 bridgehead atoms. The molecule has 31 heavy (non-hydrogen) atoms. The summed E-state index contributed by atoms with van der Waals surface area (Å²) < 4.78 is 15.6. The Balaban J connectivity index is 1.71. The Labute approximate surface area is 179 Å².